The fraction of sp³-hybridized carbons (Fsp3) is 0.348. The molecule has 1 N–H and O–H groups in total. The second-order valence-electron chi connectivity index (χ2n) is 9.10. The maximum atomic E-state index is 12.5. The number of carbonyl (C=O) groups is 1. The molecule has 3 aromatic rings. The van der Waals surface area contributed by atoms with E-state index in [1.54, 1.807) is 10.9 Å². The van der Waals surface area contributed by atoms with Crippen molar-refractivity contribution in [3.8, 4) is 5.69 Å². The van der Waals surface area contributed by atoms with Crippen molar-refractivity contribution in [3.63, 3.8) is 0 Å². The summed E-state index contributed by atoms with van der Waals surface area (Å²) >= 11 is 0. The Bertz CT molecular complexity index is 1140. The van der Waals surface area contributed by atoms with E-state index in [-0.39, 0.29) is 0 Å². The number of fused-ring (bicyclic) bond motifs is 1. The Morgan fingerprint density at radius 1 is 1.10 bits per heavy atom. The van der Waals surface area contributed by atoms with Gasteiger partial charge in [0.05, 0.1) is 16.0 Å². The summed E-state index contributed by atoms with van der Waals surface area (Å²) in [5.41, 5.74) is 1.62. The van der Waals surface area contributed by atoms with Crippen molar-refractivity contribution in [2.45, 2.75) is 51.9 Å². The predicted molar refractivity (Wildman–Crippen MR) is 126 cm³/mol. The molecule has 1 heterocycles. The van der Waals surface area contributed by atoms with Gasteiger partial charge in [0.15, 0.2) is 0 Å². The van der Waals surface area contributed by atoms with Gasteiger partial charge in [-0.3, -0.25) is 5.32 Å². The molecular formula is C23H28N4O3S. The predicted octanol–water partition coefficient (Wildman–Crippen LogP) is 5.25. The summed E-state index contributed by atoms with van der Waals surface area (Å²) in [6.45, 7) is 11.1. The molecule has 0 radical (unpaired) electrons. The monoisotopic (exact) mass is 440 g/mol. The first-order chi connectivity index (χ1) is 14.4. The van der Waals surface area contributed by atoms with Crippen LogP contribution in [0.4, 0.5) is 10.6 Å². The van der Waals surface area contributed by atoms with Crippen LogP contribution < -0.4 is 5.32 Å². The van der Waals surface area contributed by atoms with Gasteiger partial charge in [-0.05, 0) is 71.4 Å². The number of benzene rings is 2. The number of hydrogen-bond donors (Lipinski definition) is 1. The molecule has 0 unspecified atom stereocenters. The van der Waals surface area contributed by atoms with Gasteiger partial charge in [-0.15, -0.1) is 0 Å². The van der Waals surface area contributed by atoms with Gasteiger partial charge in [0.1, 0.15) is 22.4 Å². The Balaban J connectivity index is 2.03. The molecular weight excluding hydrogens is 412 g/mol. The lowest BCUT2D eigenvalue weighted by atomic mass is 10.2. The molecule has 0 saturated carbocycles. The number of rotatable bonds is 4. The highest BCUT2D eigenvalue weighted by Gasteiger charge is 2.21. The van der Waals surface area contributed by atoms with E-state index in [9.17, 15) is 9.00 Å². The second-order valence-corrected chi connectivity index (χ2v) is 11.0. The van der Waals surface area contributed by atoms with Crippen LogP contribution in [0.1, 0.15) is 47.1 Å². The molecule has 3 rings (SSSR count). The molecule has 0 fully saturated rings. The van der Waals surface area contributed by atoms with Crippen LogP contribution >= 0.6 is 0 Å². The molecule has 8 heteroatoms. The SMILES string of the molecule is CC(C)(C)OC(=O)Nc1c2ccc(C=N[S@](=O)C(C)(C)C)cc2nn1-c1ccccc1. The molecule has 0 saturated heterocycles. The van der Waals surface area contributed by atoms with E-state index in [0.29, 0.717) is 11.3 Å². The summed E-state index contributed by atoms with van der Waals surface area (Å²) in [6.07, 6.45) is 1.03. The van der Waals surface area contributed by atoms with E-state index in [4.69, 9.17) is 4.74 Å². The van der Waals surface area contributed by atoms with Crippen LogP contribution in [-0.2, 0) is 15.7 Å². The lowest BCUT2D eigenvalue weighted by molar-refractivity contribution is 0.0635. The van der Waals surface area contributed by atoms with Crippen LogP contribution in [0.5, 0.6) is 0 Å². The maximum Gasteiger partial charge on any atom is 0.413 e. The third-order valence-electron chi connectivity index (χ3n) is 4.14. The molecule has 0 spiro atoms. The molecule has 31 heavy (non-hydrogen) atoms. The quantitative estimate of drug-likeness (QED) is 0.561. The number of nitrogens with zero attached hydrogens (tertiary/aromatic N) is 3. The van der Waals surface area contributed by atoms with E-state index >= 15 is 0 Å². The second kappa shape index (κ2) is 8.63. The van der Waals surface area contributed by atoms with E-state index < -0.39 is 27.4 Å². The molecule has 2 aromatic carbocycles. The first kappa shape index (κ1) is 22.7. The van der Waals surface area contributed by atoms with Gasteiger partial charge >= 0.3 is 6.09 Å². The smallest absolute Gasteiger partial charge is 0.413 e. The Hall–Kier alpha value is -3.00. The largest absolute Gasteiger partial charge is 0.444 e. The zero-order chi connectivity index (χ0) is 22.8. The summed E-state index contributed by atoms with van der Waals surface area (Å²) < 4.78 is 23.0. The van der Waals surface area contributed by atoms with Gasteiger partial charge in [0.2, 0.25) is 0 Å². The van der Waals surface area contributed by atoms with Crippen LogP contribution in [-0.4, -0.2) is 36.6 Å². The topological polar surface area (TPSA) is 85.6 Å². The summed E-state index contributed by atoms with van der Waals surface area (Å²) in [5.74, 6) is 0.511. The van der Waals surface area contributed by atoms with E-state index in [1.807, 2.05) is 90.1 Å². The third kappa shape index (κ3) is 5.79. The van der Waals surface area contributed by atoms with Crippen molar-refractivity contribution in [3.05, 3.63) is 54.1 Å². The molecule has 0 aliphatic rings. The molecule has 1 amide bonds. The summed E-state index contributed by atoms with van der Waals surface area (Å²) in [4.78, 5) is 12.5. The number of hydrogen-bond acceptors (Lipinski definition) is 4. The van der Waals surface area contributed by atoms with Gasteiger partial charge in [-0.1, -0.05) is 24.3 Å². The van der Waals surface area contributed by atoms with Crippen molar-refractivity contribution < 1.29 is 13.7 Å². The van der Waals surface area contributed by atoms with Crippen molar-refractivity contribution >= 4 is 40.0 Å². The lowest BCUT2D eigenvalue weighted by Gasteiger charge is -2.20. The van der Waals surface area contributed by atoms with Crippen LogP contribution in [0, 0.1) is 0 Å². The van der Waals surface area contributed by atoms with Gasteiger partial charge in [0, 0.05) is 11.6 Å². The number of aromatic nitrogens is 2. The summed E-state index contributed by atoms with van der Waals surface area (Å²) in [7, 11) is -1.35. The minimum atomic E-state index is -1.35. The summed E-state index contributed by atoms with van der Waals surface area (Å²) in [6, 6.07) is 15.1. The van der Waals surface area contributed by atoms with Crippen molar-refractivity contribution in [2.75, 3.05) is 5.32 Å². The average Bonchev–Trinajstić information content (AvgIpc) is 3.02. The van der Waals surface area contributed by atoms with Crippen LogP contribution in [0.2, 0.25) is 0 Å². The van der Waals surface area contributed by atoms with E-state index in [1.165, 1.54) is 0 Å². The molecule has 7 nitrogen and oxygen atoms in total. The zero-order valence-corrected chi connectivity index (χ0v) is 19.5. The lowest BCUT2D eigenvalue weighted by Crippen LogP contribution is -2.28. The number of para-hydroxylation sites is 1. The van der Waals surface area contributed by atoms with Gasteiger partial charge < -0.3 is 4.74 Å². The minimum Gasteiger partial charge on any atom is -0.444 e. The first-order valence-corrected chi connectivity index (χ1v) is 11.1. The number of nitrogens with one attached hydrogen (secondary N) is 1. The highest BCUT2D eigenvalue weighted by atomic mass is 32.2. The zero-order valence-electron chi connectivity index (χ0n) is 18.7. The molecule has 0 bridgehead atoms. The number of amides is 1. The number of ether oxygens (including phenoxy) is 1. The average molecular weight is 441 g/mol. The Morgan fingerprint density at radius 3 is 2.39 bits per heavy atom. The highest BCUT2D eigenvalue weighted by Crippen LogP contribution is 2.28. The first-order valence-electron chi connectivity index (χ1n) is 9.98. The van der Waals surface area contributed by atoms with Crippen LogP contribution in [0.15, 0.2) is 52.9 Å². The van der Waals surface area contributed by atoms with Gasteiger partial charge in [0.25, 0.3) is 0 Å². The molecule has 1 aromatic heterocycles. The van der Waals surface area contributed by atoms with Gasteiger partial charge in [-0.25, -0.2) is 13.7 Å². The molecule has 1 atom stereocenters. The van der Waals surface area contributed by atoms with Gasteiger partial charge in [-0.2, -0.15) is 9.50 Å². The fourth-order valence-electron chi connectivity index (χ4n) is 2.73. The Morgan fingerprint density at radius 2 is 1.77 bits per heavy atom. The number of carbonyl (C=O) groups excluding carboxylic acids is 1. The van der Waals surface area contributed by atoms with E-state index in [0.717, 1.165) is 16.6 Å². The van der Waals surface area contributed by atoms with Crippen molar-refractivity contribution in [1.29, 1.82) is 0 Å². The minimum absolute atomic E-state index is 0.431. The van der Waals surface area contributed by atoms with Crippen LogP contribution in [0.3, 0.4) is 0 Å². The summed E-state index contributed by atoms with van der Waals surface area (Å²) in [5, 5.41) is 8.27. The fourth-order valence-corrected chi connectivity index (χ4v) is 3.26. The maximum absolute atomic E-state index is 12.5. The number of anilines is 1. The van der Waals surface area contributed by atoms with E-state index in [2.05, 4.69) is 14.8 Å². The van der Waals surface area contributed by atoms with Crippen molar-refractivity contribution in [1.82, 2.24) is 9.78 Å². The highest BCUT2D eigenvalue weighted by molar-refractivity contribution is 7.85. The normalized spacial score (nSPS) is 13.5. The third-order valence-corrected chi connectivity index (χ3v) is 5.48. The Labute approximate surface area is 185 Å². The standard InChI is InChI=1S/C23H28N4O3S/c1-22(2,3)30-21(28)25-20-18-13-12-16(15-24-31(29)23(4,5)6)14-19(18)26-27(20)17-10-8-7-9-11-17/h7-15H,1-6H3,(H,25,28)/t31-/m1/s1. The molecule has 0 aliphatic carbocycles. The van der Waals surface area contributed by atoms with Crippen molar-refractivity contribution in [2.24, 2.45) is 4.40 Å². The Kier molecular flexibility index (Phi) is 6.31. The molecule has 164 valence electrons. The molecule has 0 aliphatic heterocycles. The van der Waals surface area contributed by atoms with Crippen LogP contribution in [0.25, 0.3) is 16.6 Å².